The minimum atomic E-state index is -3.38. The minimum Gasteiger partial charge on any atom is -0.493 e. The van der Waals surface area contributed by atoms with Gasteiger partial charge in [0.05, 0.1) is 24.1 Å². The van der Waals surface area contributed by atoms with Gasteiger partial charge >= 0.3 is 0 Å². The van der Waals surface area contributed by atoms with E-state index in [-0.39, 0.29) is 5.91 Å². The highest BCUT2D eigenvalue weighted by atomic mass is 32.2. The SMILES string of the molecule is CCOc1ccc2ccccc2c1C(=O)Nc1ccc2c(c1)N(S(C)(=O)=O)CCC2. The first-order valence-corrected chi connectivity index (χ1v) is 11.8. The van der Waals surface area contributed by atoms with Gasteiger partial charge in [-0.2, -0.15) is 0 Å². The molecule has 0 spiro atoms. The van der Waals surface area contributed by atoms with Gasteiger partial charge in [-0.05, 0) is 54.3 Å². The molecule has 0 atom stereocenters. The molecule has 1 heterocycles. The van der Waals surface area contributed by atoms with Gasteiger partial charge in [-0.25, -0.2) is 8.42 Å². The van der Waals surface area contributed by atoms with E-state index in [9.17, 15) is 13.2 Å². The van der Waals surface area contributed by atoms with Gasteiger partial charge in [0.25, 0.3) is 5.91 Å². The number of hydrogen-bond donors (Lipinski definition) is 1. The normalized spacial score (nSPS) is 13.7. The second-order valence-electron chi connectivity index (χ2n) is 7.33. The Morgan fingerprint density at radius 1 is 1.13 bits per heavy atom. The number of nitrogens with one attached hydrogen (secondary N) is 1. The van der Waals surface area contributed by atoms with Crippen molar-refractivity contribution in [2.75, 3.05) is 29.0 Å². The van der Waals surface area contributed by atoms with Crippen molar-refractivity contribution in [1.29, 1.82) is 0 Å². The van der Waals surface area contributed by atoms with E-state index in [2.05, 4.69) is 5.32 Å². The van der Waals surface area contributed by atoms with Crippen LogP contribution in [0.5, 0.6) is 5.75 Å². The van der Waals surface area contributed by atoms with E-state index >= 15 is 0 Å². The van der Waals surface area contributed by atoms with Crippen molar-refractivity contribution in [2.45, 2.75) is 19.8 Å². The van der Waals surface area contributed by atoms with Crippen LogP contribution in [0.1, 0.15) is 29.3 Å². The summed E-state index contributed by atoms with van der Waals surface area (Å²) in [6, 6.07) is 16.8. The highest BCUT2D eigenvalue weighted by Crippen LogP contribution is 2.33. The van der Waals surface area contributed by atoms with Crippen molar-refractivity contribution >= 4 is 38.1 Å². The number of carbonyl (C=O) groups is 1. The lowest BCUT2D eigenvalue weighted by atomic mass is 10.0. The Hall–Kier alpha value is -3.06. The highest BCUT2D eigenvalue weighted by molar-refractivity contribution is 7.92. The number of ether oxygens (including phenoxy) is 1. The molecule has 0 aromatic heterocycles. The number of aryl methyl sites for hydroxylation is 1. The lowest BCUT2D eigenvalue weighted by Gasteiger charge is -2.29. The summed E-state index contributed by atoms with van der Waals surface area (Å²) in [7, 11) is -3.38. The van der Waals surface area contributed by atoms with Crippen molar-refractivity contribution in [3.05, 3.63) is 65.7 Å². The molecule has 0 aliphatic carbocycles. The van der Waals surface area contributed by atoms with Gasteiger partial charge in [0.15, 0.2) is 0 Å². The van der Waals surface area contributed by atoms with E-state index in [1.54, 1.807) is 12.1 Å². The topological polar surface area (TPSA) is 75.7 Å². The summed E-state index contributed by atoms with van der Waals surface area (Å²) in [5.74, 6) is 0.223. The van der Waals surface area contributed by atoms with Gasteiger partial charge in [0.1, 0.15) is 5.75 Å². The van der Waals surface area contributed by atoms with Gasteiger partial charge in [0, 0.05) is 12.2 Å². The standard InChI is InChI=1S/C23H24N2O4S/c1-3-29-21-13-11-16-7-4-5-9-19(16)22(21)23(26)24-18-12-10-17-8-6-14-25(20(17)15-18)30(2,27)28/h4-5,7,9-13,15H,3,6,8,14H2,1-2H3,(H,24,26). The molecule has 0 bridgehead atoms. The van der Waals surface area contributed by atoms with Crippen molar-refractivity contribution in [1.82, 2.24) is 0 Å². The molecule has 1 amide bonds. The van der Waals surface area contributed by atoms with Crippen LogP contribution in [0, 0.1) is 0 Å². The van der Waals surface area contributed by atoms with Crippen molar-refractivity contribution in [2.24, 2.45) is 0 Å². The number of nitrogens with zero attached hydrogens (tertiary/aromatic N) is 1. The molecule has 3 aromatic rings. The second kappa shape index (κ2) is 7.99. The van der Waals surface area contributed by atoms with E-state index in [0.29, 0.717) is 35.8 Å². The van der Waals surface area contributed by atoms with E-state index in [4.69, 9.17) is 4.74 Å². The number of benzene rings is 3. The van der Waals surface area contributed by atoms with E-state index in [1.165, 1.54) is 10.6 Å². The summed E-state index contributed by atoms with van der Waals surface area (Å²) >= 11 is 0. The summed E-state index contributed by atoms with van der Waals surface area (Å²) in [6.07, 6.45) is 2.80. The largest absolute Gasteiger partial charge is 0.493 e. The number of sulfonamides is 1. The van der Waals surface area contributed by atoms with Crippen LogP contribution in [0.25, 0.3) is 10.8 Å². The number of anilines is 2. The zero-order valence-electron chi connectivity index (χ0n) is 17.0. The van der Waals surface area contributed by atoms with Gasteiger partial charge in [0.2, 0.25) is 10.0 Å². The van der Waals surface area contributed by atoms with E-state index in [1.807, 2.05) is 49.4 Å². The molecule has 3 aromatic carbocycles. The fraction of sp³-hybridized carbons (Fsp3) is 0.261. The molecule has 156 valence electrons. The number of hydrogen-bond acceptors (Lipinski definition) is 4. The maximum atomic E-state index is 13.2. The molecule has 30 heavy (non-hydrogen) atoms. The molecule has 4 rings (SSSR count). The molecule has 0 radical (unpaired) electrons. The third kappa shape index (κ3) is 3.85. The molecule has 1 N–H and O–H groups in total. The first-order chi connectivity index (χ1) is 14.4. The lowest BCUT2D eigenvalue weighted by Crippen LogP contribution is -2.34. The van der Waals surface area contributed by atoms with Crippen LogP contribution in [0.4, 0.5) is 11.4 Å². The smallest absolute Gasteiger partial charge is 0.260 e. The van der Waals surface area contributed by atoms with Crippen LogP contribution in [0.15, 0.2) is 54.6 Å². The van der Waals surface area contributed by atoms with Crippen molar-refractivity contribution < 1.29 is 17.9 Å². The average Bonchev–Trinajstić information content (AvgIpc) is 2.72. The monoisotopic (exact) mass is 424 g/mol. The Kier molecular flexibility index (Phi) is 5.39. The molecule has 6 nitrogen and oxygen atoms in total. The van der Waals surface area contributed by atoms with E-state index in [0.717, 1.165) is 29.2 Å². The lowest BCUT2D eigenvalue weighted by molar-refractivity contribution is 0.102. The summed E-state index contributed by atoms with van der Waals surface area (Å²) < 4.78 is 31.5. The summed E-state index contributed by atoms with van der Waals surface area (Å²) in [6.45, 7) is 2.77. The summed E-state index contributed by atoms with van der Waals surface area (Å²) in [4.78, 5) is 13.2. The van der Waals surface area contributed by atoms with Crippen LogP contribution in [0.2, 0.25) is 0 Å². The van der Waals surface area contributed by atoms with Crippen LogP contribution in [0.3, 0.4) is 0 Å². The Balaban J connectivity index is 1.73. The molecule has 0 unspecified atom stereocenters. The van der Waals surface area contributed by atoms with Crippen molar-refractivity contribution in [3.8, 4) is 5.75 Å². The van der Waals surface area contributed by atoms with Gasteiger partial charge < -0.3 is 10.1 Å². The zero-order valence-corrected chi connectivity index (χ0v) is 17.8. The van der Waals surface area contributed by atoms with Gasteiger partial charge in [-0.15, -0.1) is 0 Å². The molecule has 0 saturated carbocycles. The quantitative estimate of drug-likeness (QED) is 0.666. The Labute approximate surface area is 176 Å². The minimum absolute atomic E-state index is 0.295. The zero-order chi connectivity index (χ0) is 21.3. The molecule has 0 fully saturated rings. The number of amides is 1. The maximum absolute atomic E-state index is 13.2. The molecular formula is C23H24N2O4S. The van der Waals surface area contributed by atoms with Crippen LogP contribution >= 0.6 is 0 Å². The van der Waals surface area contributed by atoms with Gasteiger partial charge in [-0.3, -0.25) is 9.10 Å². The third-order valence-electron chi connectivity index (χ3n) is 5.24. The Morgan fingerprint density at radius 2 is 1.93 bits per heavy atom. The molecule has 7 heteroatoms. The first-order valence-electron chi connectivity index (χ1n) is 9.95. The second-order valence-corrected chi connectivity index (χ2v) is 9.24. The molecular weight excluding hydrogens is 400 g/mol. The predicted molar refractivity (Wildman–Crippen MR) is 120 cm³/mol. The highest BCUT2D eigenvalue weighted by Gasteiger charge is 2.25. The maximum Gasteiger partial charge on any atom is 0.260 e. The van der Waals surface area contributed by atoms with Crippen LogP contribution in [-0.2, 0) is 16.4 Å². The number of rotatable bonds is 5. The Morgan fingerprint density at radius 3 is 2.70 bits per heavy atom. The molecule has 1 aliphatic heterocycles. The number of carbonyl (C=O) groups excluding carboxylic acids is 1. The van der Waals surface area contributed by atoms with Gasteiger partial charge in [-0.1, -0.05) is 36.4 Å². The fourth-order valence-corrected chi connectivity index (χ4v) is 4.91. The molecule has 0 saturated heterocycles. The summed E-state index contributed by atoms with van der Waals surface area (Å²) in [5, 5.41) is 4.68. The van der Waals surface area contributed by atoms with Crippen LogP contribution < -0.4 is 14.4 Å². The van der Waals surface area contributed by atoms with Crippen molar-refractivity contribution in [3.63, 3.8) is 0 Å². The average molecular weight is 425 g/mol. The summed E-state index contributed by atoms with van der Waals surface area (Å²) in [5.41, 5.74) is 2.60. The Bertz CT molecular complexity index is 1220. The predicted octanol–water partition coefficient (Wildman–Crippen LogP) is 4.20. The van der Waals surface area contributed by atoms with Crippen LogP contribution in [-0.4, -0.2) is 33.7 Å². The first kappa shape index (κ1) is 20.2. The number of fused-ring (bicyclic) bond motifs is 2. The fourth-order valence-electron chi connectivity index (χ4n) is 3.92. The van der Waals surface area contributed by atoms with E-state index < -0.39 is 10.0 Å². The third-order valence-corrected chi connectivity index (χ3v) is 6.42. The molecule has 1 aliphatic rings.